The molecule has 2 aromatic carbocycles. The number of carbonyl (C=O) groups excluding carboxylic acids is 1. The van der Waals surface area contributed by atoms with Crippen LogP contribution in [0.4, 0.5) is 20.2 Å². The summed E-state index contributed by atoms with van der Waals surface area (Å²) >= 11 is 0. The van der Waals surface area contributed by atoms with E-state index in [9.17, 15) is 22.0 Å². The first-order chi connectivity index (χ1) is 15.5. The Morgan fingerprint density at radius 2 is 1.70 bits per heavy atom. The Kier molecular flexibility index (Phi) is 9.00. The van der Waals surface area contributed by atoms with Crippen molar-refractivity contribution < 1.29 is 31.5 Å². The van der Waals surface area contributed by atoms with Gasteiger partial charge in [-0.2, -0.15) is 13.1 Å². The molecule has 1 N–H and O–H groups in total. The van der Waals surface area contributed by atoms with Crippen molar-refractivity contribution in [1.82, 2.24) is 4.31 Å². The number of carbonyl (C=O) groups is 1. The number of nitrogens with one attached hydrogen (secondary N) is 1. The zero-order chi connectivity index (χ0) is 24.8. The number of sulfonamides is 1. The molecule has 0 aliphatic heterocycles. The molecule has 0 saturated carbocycles. The van der Waals surface area contributed by atoms with E-state index in [1.54, 1.807) is 45.8 Å². The van der Waals surface area contributed by atoms with Crippen LogP contribution >= 0.6 is 0 Å². The van der Waals surface area contributed by atoms with Crippen LogP contribution in [0.15, 0.2) is 41.3 Å². The van der Waals surface area contributed by atoms with Crippen molar-refractivity contribution in [2.24, 2.45) is 0 Å². The fourth-order valence-electron chi connectivity index (χ4n) is 3.18. The predicted molar refractivity (Wildman–Crippen MR) is 123 cm³/mol. The minimum absolute atomic E-state index is 0.00357. The van der Waals surface area contributed by atoms with Gasteiger partial charge in [0.15, 0.2) is 11.5 Å². The molecule has 0 spiro atoms. The average Bonchev–Trinajstić information content (AvgIpc) is 2.75. The summed E-state index contributed by atoms with van der Waals surface area (Å²) in [6, 6.07) is 8.34. The van der Waals surface area contributed by atoms with Gasteiger partial charge in [-0.1, -0.05) is 13.8 Å². The Balaban J connectivity index is 2.44. The molecule has 2 aromatic rings. The van der Waals surface area contributed by atoms with Crippen LogP contribution in [0.5, 0.6) is 11.5 Å². The van der Waals surface area contributed by atoms with Crippen LogP contribution in [0.1, 0.15) is 31.1 Å². The maximum absolute atomic E-state index is 13.0. The van der Waals surface area contributed by atoms with Crippen LogP contribution < -0.4 is 19.7 Å². The Bertz CT molecular complexity index is 1070. The van der Waals surface area contributed by atoms with Gasteiger partial charge in [0, 0.05) is 32.7 Å². The smallest absolute Gasteiger partial charge is 0.387 e. The molecule has 0 aromatic heterocycles. The van der Waals surface area contributed by atoms with Crippen molar-refractivity contribution >= 4 is 27.3 Å². The van der Waals surface area contributed by atoms with Crippen LogP contribution in [0.2, 0.25) is 0 Å². The first-order valence-electron chi connectivity index (χ1n) is 10.4. The van der Waals surface area contributed by atoms with Gasteiger partial charge in [-0.3, -0.25) is 4.79 Å². The first-order valence-corrected chi connectivity index (χ1v) is 11.8. The normalized spacial score (nSPS) is 11.5. The highest BCUT2D eigenvalue weighted by atomic mass is 32.2. The number of ether oxygens (including phenoxy) is 2. The van der Waals surface area contributed by atoms with Gasteiger partial charge >= 0.3 is 6.61 Å². The van der Waals surface area contributed by atoms with Crippen LogP contribution in [0.3, 0.4) is 0 Å². The molecule has 0 aliphatic rings. The lowest BCUT2D eigenvalue weighted by Gasteiger charge is -2.22. The highest BCUT2D eigenvalue weighted by Gasteiger charge is 2.24. The van der Waals surface area contributed by atoms with Gasteiger partial charge < -0.3 is 19.7 Å². The summed E-state index contributed by atoms with van der Waals surface area (Å²) in [4.78, 5) is 14.7. The SMILES string of the molecule is CCOc1cc(C(=O)Nc2cc(S(=O)(=O)N(CC)CC)ccc2N(C)C)ccc1OC(F)F. The Labute approximate surface area is 193 Å². The van der Waals surface area contributed by atoms with Gasteiger partial charge in [-0.15, -0.1) is 0 Å². The van der Waals surface area contributed by atoms with Gasteiger partial charge in [0.2, 0.25) is 10.0 Å². The highest BCUT2D eigenvalue weighted by molar-refractivity contribution is 7.89. The Morgan fingerprint density at radius 1 is 1.03 bits per heavy atom. The molecule has 0 aliphatic carbocycles. The fraction of sp³-hybridized carbons (Fsp3) is 0.409. The van der Waals surface area contributed by atoms with Crippen LogP contribution in [-0.2, 0) is 10.0 Å². The topological polar surface area (TPSA) is 88.2 Å². The van der Waals surface area contributed by atoms with E-state index in [1.165, 1.54) is 34.6 Å². The van der Waals surface area contributed by atoms with Gasteiger partial charge in [0.25, 0.3) is 5.91 Å². The zero-order valence-corrected chi connectivity index (χ0v) is 20.1. The van der Waals surface area contributed by atoms with Crippen LogP contribution in [0.25, 0.3) is 0 Å². The quantitative estimate of drug-likeness (QED) is 0.517. The third kappa shape index (κ3) is 6.32. The molecule has 0 fully saturated rings. The maximum Gasteiger partial charge on any atom is 0.387 e. The highest BCUT2D eigenvalue weighted by Crippen LogP contribution is 2.32. The van der Waals surface area contributed by atoms with E-state index in [-0.39, 0.29) is 34.3 Å². The number of nitrogens with zero attached hydrogens (tertiary/aromatic N) is 2. The third-order valence-corrected chi connectivity index (χ3v) is 6.81. The predicted octanol–water partition coefficient (Wildman–Crippen LogP) is 4.04. The lowest BCUT2D eigenvalue weighted by Crippen LogP contribution is -2.30. The number of hydrogen-bond acceptors (Lipinski definition) is 6. The van der Waals surface area contributed by atoms with Gasteiger partial charge in [-0.05, 0) is 43.3 Å². The van der Waals surface area contributed by atoms with Crippen LogP contribution in [-0.4, -0.2) is 59.0 Å². The van der Waals surface area contributed by atoms with Crippen molar-refractivity contribution in [3.05, 3.63) is 42.0 Å². The molecule has 1 amide bonds. The number of halogens is 2. The lowest BCUT2D eigenvalue weighted by atomic mass is 10.1. The Morgan fingerprint density at radius 3 is 2.24 bits per heavy atom. The standard InChI is InChI=1S/C22H29F2N3O5S/c1-6-27(7-2)33(29,30)16-10-11-18(26(4)5)17(14-16)25-21(28)15-9-12-19(32-22(23)24)20(13-15)31-8-3/h9-14,22H,6-8H2,1-5H3,(H,25,28). The molecule has 0 radical (unpaired) electrons. The summed E-state index contributed by atoms with van der Waals surface area (Å²) in [5, 5.41) is 2.72. The van der Waals surface area contributed by atoms with E-state index in [4.69, 9.17) is 4.74 Å². The number of benzene rings is 2. The van der Waals surface area contributed by atoms with E-state index in [0.717, 1.165) is 0 Å². The van der Waals surface area contributed by atoms with Gasteiger partial charge in [0.05, 0.1) is 22.9 Å². The molecule has 11 heteroatoms. The van der Waals surface area contributed by atoms with Crippen molar-refractivity contribution in [3.63, 3.8) is 0 Å². The number of rotatable bonds is 11. The molecule has 2 rings (SSSR count). The molecule has 0 saturated heterocycles. The number of hydrogen-bond donors (Lipinski definition) is 1. The Hall–Kier alpha value is -2.92. The van der Waals surface area contributed by atoms with E-state index < -0.39 is 22.5 Å². The first kappa shape index (κ1) is 26.3. The molecular formula is C22H29F2N3O5S. The third-order valence-electron chi connectivity index (χ3n) is 4.76. The van der Waals surface area contributed by atoms with E-state index in [0.29, 0.717) is 18.8 Å². The fourth-order valence-corrected chi connectivity index (χ4v) is 4.67. The van der Waals surface area contributed by atoms with Crippen molar-refractivity contribution in [2.45, 2.75) is 32.3 Å². The van der Waals surface area contributed by atoms with Crippen molar-refractivity contribution in [3.8, 4) is 11.5 Å². The number of anilines is 2. The molecule has 0 heterocycles. The molecule has 0 unspecified atom stereocenters. The second-order valence-electron chi connectivity index (χ2n) is 7.09. The lowest BCUT2D eigenvalue weighted by molar-refractivity contribution is -0.0514. The second-order valence-corrected chi connectivity index (χ2v) is 9.03. The maximum atomic E-state index is 13.0. The summed E-state index contributed by atoms with van der Waals surface area (Å²) < 4.78 is 62.2. The molecule has 182 valence electrons. The molecule has 0 atom stereocenters. The minimum atomic E-state index is -3.74. The van der Waals surface area contributed by atoms with E-state index in [1.807, 2.05) is 0 Å². The second kappa shape index (κ2) is 11.3. The van der Waals surface area contributed by atoms with Crippen LogP contribution in [0, 0.1) is 0 Å². The summed E-state index contributed by atoms with van der Waals surface area (Å²) in [5.41, 5.74) is 0.996. The van der Waals surface area contributed by atoms with E-state index >= 15 is 0 Å². The summed E-state index contributed by atoms with van der Waals surface area (Å²) in [7, 11) is -0.228. The van der Waals surface area contributed by atoms with Gasteiger partial charge in [0.1, 0.15) is 0 Å². The summed E-state index contributed by atoms with van der Waals surface area (Å²) in [6.07, 6.45) is 0. The summed E-state index contributed by atoms with van der Waals surface area (Å²) in [5.74, 6) is -0.763. The summed E-state index contributed by atoms with van der Waals surface area (Å²) in [6.45, 7) is 2.92. The molecule has 8 nitrogen and oxygen atoms in total. The van der Waals surface area contributed by atoms with E-state index in [2.05, 4.69) is 10.1 Å². The number of amides is 1. The largest absolute Gasteiger partial charge is 0.490 e. The van der Waals surface area contributed by atoms with Crippen molar-refractivity contribution in [2.75, 3.05) is 44.0 Å². The zero-order valence-electron chi connectivity index (χ0n) is 19.3. The monoisotopic (exact) mass is 485 g/mol. The number of alkyl halides is 2. The average molecular weight is 486 g/mol. The molecule has 33 heavy (non-hydrogen) atoms. The van der Waals surface area contributed by atoms with Crippen molar-refractivity contribution in [1.29, 1.82) is 0 Å². The molecular weight excluding hydrogens is 456 g/mol. The molecule has 0 bridgehead atoms. The minimum Gasteiger partial charge on any atom is -0.490 e. The van der Waals surface area contributed by atoms with Gasteiger partial charge in [-0.25, -0.2) is 8.42 Å².